The molecule has 1 aliphatic rings. The van der Waals surface area contributed by atoms with Crippen molar-refractivity contribution in [3.8, 4) is 0 Å². The molecule has 25 heavy (non-hydrogen) atoms. The monoisotopic (exact) mass is 395 g/mol. The Balaban J connectivity index is 0.00000182. The molecule has 122 valence electrons. The van der Waals surface area contributed by atoms with Crippen molar-refractivity contribution >= 4 is 48.4 Å². The largest absolute Gasteiger partial charge is 1.00 e. The van der Waals surface area contributed by atoms with Gasteiger partial charge in [-0.2, -0.15) is 9.06 Å². The molecule has 3 aromatic rings. The number of para-hydroxylation sites is 1. The molecule has 1 unspecified atom stereocenters. The average Bonchev–Trinajstić information content (AvgIpc) is 3.17. The van der Waals surface area contributed by atoms with Crippen LogP contribution in [-0.4, -0.2) is 9.97 Å². The van der Waals surface area contributed by atoms with Crippen LogP contribution in [0.15, 0.2) is 76.8 Å². The number of aromatic nitrogens is 2. The standard InChI is InChI=1S/C18H15ClN3S2.Na/c1-3-24(17-11-21-18-14(17)7-6-10-20-18)12-13(2)22(23-24)16-9-5-4-8-15(16)19;/h3-12H,1-2H2,(H,20,21);/q-1;+1. The van der Waals surface area contributed by atoms with E-state index >= 15 is 0 Å². The number of rotatable bonds is 3. The number of anilines is 1. The quantitative estimate of drug-likeness (QED) is 0.319. The van der Waals surface area contributed by atoms with Crippen LogP contribution in [0.1, 0.15) is 0 Å². The van der Waals surface area contributed by atoms with Crippen molar-refractivity contribution in [3.05, 3.63) is 83.8 Å². The molecule has 1 aliphatic heterocycles. The van der Waals surface area contributed by atoms with E-state index < -0.39 is 9.06 Å². The maximum Gasteiger partial charge on any atom is 1.00 e. The first kappa shape index (κ1) is 18.8. The summed E-state index contributed by atoms with van der Waals surface area (Å²) < 4.78 is 2.09. The van der Waals surface area contributed by atoms with Crippen molar-refractivity contribution in [3.63, 3.8) is 0 Å². The number of nitrogens with zero attached hydrogens (tertiary/aromatic N) is 2. The molecule has 0 radical (unpaired) electrons. The molecule has 1 N–H and O–H groups in total. The normalized spacial score (nSPS) is 22.1. The van der Waals surface area contributed by atoms with Crippen LogP contribution in [0.25, 0.3) is 11.0 Å². The molecule has 1 aromatic carbocycles. The Morgan fingerprint density at radius 3 is 2.84 bits per heavy atom. The van der Waals surface area contributed by atoms with E-state index in [1.165, 1.54) is 4.90 Å². The number of allylic oxidation sites excluding steroid dienone is 1. The van der Waals surface area contributed by atoms with Gasteiger partial charge in [0, 0.05) is 22.7 Å². The van der Waals surface area contributed by atoms with Crippen molar-refractivity contribution in [2.24, 2.45) is 0 Å². The summed E-state index contributed by atoms with van der Waals surface area (Å²) in [5.41, 5.74) is 2.75. The number of H-pyrrole nitrogens is 1. The minimum Gasteiger partial charge on any atom is -0.345 e. The number of nitrogens with one attached hydrogen (secondary N) is 1. The van der Waals surface area contributed by atoms with E-state index in [4.69, 9.17) is 11.6 Å². The Bertz CT molecular complexity index is 972. The zero-order chi connectivity index (χ0) is 16.7. The van der Waals surface area contributed by atoms with Gasteiger partial charge in [0.15, 0.2) is 0 Å². The third-order valence-electron chi connectivity index (χ3n) is 3.85. The second-order valence-electron chi connectivity index (χ2n) is 5.30. The second-order valence-corrected chi connectivity index (χ2v) is 10.6. The van der Waals surface area contributed by atoms with Crippen molar-refractivity contribution in [1.29, 1.82) is 0 Å². The van der Waals surface area contributed by atoms with Gasteiger partial charge in [0.25, 0.3) is 0 Å². The van der Waals surface area contributed by atoms with Crippen LogP contribution in [0.4, 0.5) is 5.69 Å². The van der Waals surface area contributed by atoms with Gasteiger partial charge < -0.3 is 9.29 Å². The van der Waals surface area contributed by atoms with Crippen LogP contribution in [0, 0.1) is 6.92 Å². The molecule has 3 heterocycles. The Kier molecular flexibility index (Phi) is 5.54. The minimum atomic E-state index is -1.47. The van der Waals surface area contributed by atoms with Gasteiger partial charge in [0.05, 0.1) is 10.7 Å². The van der Waals surface area contributed by atoms with E-state index in [0.717, 1.165) is 22.4 Å². The molecule has 0 saturated heterocycles. The molecule has 1 atom stereocenters. The Labute approximate surface area is 179 Å². The fourth-order valence-electron chi connectivity index (χ4n) is 2.72. The van der Waals surface area contributed by atoms with E-state index in [2.05, 4.69) is 39.3 Å². The van der Waals surface area contributed by atoms with Gasteiger partial charge in [-0.3, -0.25) is 0 Å². The summed E-state index contributed by atoms with van der Waals surface area (Å²) >= 11 is 6.38. The van der Waals surface area contributed by atoms with E-state index in [0.29, 0.717) is 5.02 Å². The Hall–Kier alpha value is -0.950. The van der Waals surface area contributed by atoms with Gasteiger partial charge in [-0.1, -0.05) is 35.7 Å². The third-order valence-corrected chi connectivity index (χ3v) is 9.56. The van der Waals surface area contributed by atoms with Crippen LogP contribution in [0.2, 0.25) is 5.02 Å². The maximum absolute atomic E-state index is 6.38. The first-order valence-electron chi connectivity index (χ1n) is 7.30. The van der Waals surface area contributed by atoms with Crippen molar-refractivity contribution < 1.29 is 29.6 Å². The summed E-state index contributed by atoms with van der Waals surface area (Å²) in [5.74, 6) is 0. The number of hydrogen-bond donors (Lipinski definition) is 1. The smallest absolute Gasteiger partial charge is 0.345 e. The number of aromatic amines is 1. The number of halogens is 1. The van der Waals surface area contributed by atoms with Crippen molar-refractivity contribution in [2.75, 3.05) is 4.31 Å². The summed E-state index contributed by atoms with van der Waals surface area (Å²) in [6, 6.07) is 11.8. The van der Waals surface area contributed by atoms with E-state index in [1.807, 2.05) is 41.9 Å². The number of hydrogen-bond acceptors (Lipinski definition) is 3. The van der Waals surface area contributed by atoms with Gasteiger partial charge >= 0.3 is 29.6 Å². The van der Waals surface area contributed by atoms with Crippen LogP contribution >= 0.6 is 31.6 Å². The van der Waals surface area contributed by atoms with Crippen LogP contribution in [0.5, 0.6) is 0 Å². The van der Waals surface area contributed by atoms with Gasteiger partial charge in [0.1, 0.15) is 5.65 Å². The molecule has 0 bridgehead atoms. The fraction of sp³-hybridized carbons (Fsp3) is 0. The zero-order valence-corrected chi connectivity index (χ0v) is 18.2. The van der Waals surface area contributed by atoms with Gasteiger partial charge in [-0.05, 0) is 35.2 Å². The molecule has 0 saturated carbocycles. The van der Waals surface area contributed by atoms with Crippen molar-refractivity contribution in [1.82, 2.24) is 9.97 Å². The van der Waals surface area contributed by atoms with E-state index in [1.54, 1.807) is 17.2 Å². The predicted molar refractivity (Wildman–Crippen MR) is 107 cm³/mol. The minimum absolute atomic E-state index is 0. The van der Waals surface area contributed by atoms with Gasteiger partial charge in [-0.25, -0.2) is 11.9 Å². The Morgan fingerprint density at radius 2 is 2.08 bits per heavy atom. The molecule has 7 heteroatoms. The van der Waals surface area contributed by atoms with Crippen LogP contribution in [0.3, 0.4) is 0 Å². The Morgan fingerprint density at radius 1 is 1.28 bits per heavy atom. The molecule has 2 aromatic heterocycles. The van der Waals surface area contributed by atoms with Crippen LogP contribution < -0.4 is 33.9 Å². The van der Waals surface area contributed by atoms with E-state index in [-0.39, 0.29) is 29.6 Å². The molecule has 0 amide bonds. The zero-order valence-electron chi connectivity index (χ0n) is 13.8. The molecule has 0 fully saturated rings. The van der Waals surface area contributed by atoms with Gasteiger partial charge in [0.2, 0.25) is 0 Å². The van der Waals surface area contributed by atoms with E-state index in [9.17, 15) is 0 Å². The summed E-state index contributed by atoms with van der Waals surface area (Å²) in [7, 11) is 0.245. The second kappa shape index (κ2) is 7.35. The molecule has 3 nitrogen and oxygen atoms in total. The summed E-state index contributed by atoms with van der Waals surface area (Å²) in [5, 5.41) is 6.04. The summed E-state index contributed by atoms with van der Waals surface area (Å²) in [4.78, 5) is 8.85. The molecule has 0 aliphatic carbocycles. The first-order valence-corrected chi connectivity index (χ1v) is 10.7. The topological polar surface area (TPSA) is 31.9 Å². The van der Waals surface area contributed by atoms with Crippen molar-refractivity contribution in [2.45, 2.75) is 4.90 Å². The molecular weight excluding hydrogens is 381 g/mol. The summed E-state index contributed by atoms with van der Waals surface area (Å²) in [6.07, 6.45) is 3.82. The van der Waals surface area contributed by atoms with Gasteiger partial charge in [-0.15, -0.1) is 11.1 Å². The average molecular weight is 396 g/mol. The molecule has 4 rings (SSSR count). The molecular formula is C18H15ClN3NaS2. The first-order chi connectivity index (χ1) is 11.6. The number of pyridine rings is 1. The number of fused-ring (bicyclic) bond motifs is 1. The maximum atomic E-state index is 6.38. The summed E-state index contributed by atoms with van der Waals surface area (Å²) in [6.45, 7) is 8.34. The molecule has 0 spiro atoms. The SMILES string of the molecule is C=CS1(c2c[nH]c3ncccc23)C=C([CH2-])N(c2ccccc2Cl)S1.[Na+]. The number of benzene rings is 1. The predicted octanol–water partition coefficient (Wildman–Crippen LogP) is 3.29. The third kappa shape index (κ3) is 3.14. The fourth-order valence-corrected chi connectivity index (χ4v) is 8.11. The van der Waals surface area contributed by atoms with Crippen LogP contribution in [-0.2, 0) is 0 Å².